The Morgan fingerprint density at radius 2 is 1.76 bits per heavy atom. The molecule has 1 saturated heterocycles. The van der Waals surface area contributed by atoms with Gasteiger partial charge >= 0.3 is 0 Å². The van der Waals surface area contributed by atoms with E-state index in [1.807, 2.05) is 37.3 Å². The van der Waals surface area contributed by atoms with Crippen LogP contribution in [0.25, 0.3) is 16.9 Å². The molecule has 10 heteroatoms. The van der Waals surface area contributed by atoms with Crippen LogP contribution in [0.3, 0.4) is 0 Å². The lowest BCUT2D eigenvalue weighted by atomic mass is 9.90. The predicted molar refractivity (Wildman–Crippen MR) is 143 cm³/mol. The highest BCUT2D eigenvalue weighted by atomic mass is 35.5. The van der Waals surface area contributed by atoms with Gasteiger partial charge in [-0.05, 0) is 36.5 Å². The molecule has 8 nitrogen and oxygen atoms in total. The third-order valence-corrected chi connectivity index (χ3v) is 7.56. The Hall–Kier alpha value is -3.20. The monoisotopic (exact) mass is 539 g/mol. The largest absolute Gasteiger partial charge is 0.388 e. The van der Waals surface area contributed by atoms with Crippen molar-refractivity contribution in [1.82, 2.24) is 24.1 Å². The molecule has 192 valence electrons. The Bertz CT molecular complexity index is 1480. The van der Waals surface area contributed by atoms with Crippen LogP contribution in [-0.4, -0.2) is 53.8 Å². The highest BCUT2D eigenvalue weighted by Gasteiger charge is 2.35. The lowest BCUT2D eigenvalue weighted by Crippen LogP contribution is -2.50. The number of nitrogens with zero attached hydrogens (tertiary/aromatic N) is 5. The minimum absolute atomic E-state index is 0.0541. The molecule has 0 radical (unpaired) electrons. The molecule has 37 heavy (non-hydrogen) atoms. The molecular weight excluding hydrogens is 513 g/mol. The number of hydrogen-bond acceptors (Lipinski definition) is 5. The van der Waals surface area contributed by atoms with E-state index >= 15 is 0 Å². The Kier molecular flexibility index (Phi) is 7.07. The van der Waals surface area contributed by atoms with Gasteiger partial charge in [0, 0.05) is 30.1 Å². The van der Waals surface area contributed by atoms with Crippen molar-refractivity contribution in [3.05, 3.63) is 87.0 Å². The summed E-state index contributed by atoms with van der Waals surface area (Å²) in [6.45, 7) is 2.95. The number of hydrogen-bond donors (Lipinski definition) is 1. The fourth-order valence-electron chi connectivity index (χ4n) is 4.83. The summed E-state index contributed by atoms with van der Waals surface area (Å²) in [5, 5.41) is 16.4. The summed E-state index contributed by atoms with van der Waals surface area (Å²) in [5.74, 6) is 0.186. The second-order valence-corrected chi connectivity index (χ2v) is 10.5. The van der Waals surface area contributed by atoms with Gasteiger partial charge in [0.15, 0.2) is 5.15 Å². The molecule has 0 bridgehead atoms. The predicted octanol–water partition coefficient (Wildman–Crippen LogP) is 4.41. The molecule has 4 aromatic rings. The molecule has 3 heterocycles. The molecule has 1 aliphatic rings. The lowest BCUT2D eigenvalue weighted by Gasteiger charge is -2.38. The number of likely N-dealkylation sites (tertiary alicyclic amines) is 1. The number of amides is 1. The zero-order chi connectivity index (χ0) is 26.2. The summed E-state index contributed by atoms with van der Waals surface area (Å²) in [7, 11) is 0. The zero-order valence-corrected chi connectivity index (χ0v) is 21.9. The van der Waals surface area contributed by atoms with Crippen molar-refractivity contribution in [3.63, 3.8) is 0 Å². The highest BCUT2D eigenvalue weighted by Crippen LogP contribution is 2.29. The summed E-state index contributed by atoms with van der Waals surface area (Å²) < 4.78 is 2.77. The first-order valence-electron chi connectivity index (χ1n) is 12.2. The molecule has 5 rings (SSSR count). The van der Waals surface area contributed by atoms with Crippen LogP contribution in [0.1, 0.15) is 37.7 Å². The van der Waals surface area contributed by atoms with Gasteiger partial charge in [0.1, 0.15) is 12.0 Å². The molecule has 2 aromatic heterocycles. The van der Waals surface area contributed by atoms with Gasteiger partial charge in [-0.25, -0.2) is 9.50 Å². The molecular formula is C27H27Cl2N5O3. The Labute approximate surface area is 224 Å². The van der Waals surface area contributed by atoms with Crippen LogP contribution in [-0.2, 0) is 11.3 Å². The maximum absolute atomic E-state index is 13.2. The van der Waals surface area contributed by atoms with Crippen LogP contribution >= 0.6 is 23.2 Å². The maximum atomic E-state index is 13.2. The molecule has 0 unspecified atom stereocenters. The van der Waals surface area contributed by atoms with Crippen molar-refractivity contribution in [2.75, 3.05) is 13.1 Å². The van der Waals surface area contributed by atoms with E-state index in [0.717, 1.165) is 11.1 Å². The SMILES string of the molecule is C[C@H](CC(=O)N1CCC(O)(Cn2cnn3c(-c4ccc(Cl)cc4)c(Cl)nc3c2=O)CC1)c1ccccc1. The quantitative estimate of drug-likeness (QED) is 0.391. The van der Waals surface area contributed by atoms with Crippen molar-refractivity contribution in [3.8, 4) is 11.3 Å². The van der Waals surface area contributed by atoms with Gasteiger partial charge in [0.25, 0.3) is 5.56 Å². The topological polar surface area (TPSA) is 92.7 Å². The fourth-order valence-corrected chi connectivity index (χ4v) is 5.23. The second kappa shape index (κ2) is 10.3. The smallest absolute Gasteiger partial charge is 0.297 e. The normalized spacial score (nSPS) is 16.2. The fraction of sp³-hybridized carbons (Fsp3) is 0.333. The molecule has 2 aromatic carbocycles. The second-order valence-electron chi connectivity index (χ2n) is 9.68. The third-order valence-electron chi connectivity index (χ3n) is 7.05. The van der Waals surface area contributed by atoms with Crippen LogP contribution < -0.4 is 5.56 Å². The van der Waals surface area contributed by atoms with Gasteiger partial charge in [-0.1, -0.05) is 72.6 Å². The van der Waals surface area contributed by atoms with Crippen LogP contribution in [0.4, 0.5) is 0 Å². The van der Waals surface area contributed by atoms with Crippen molar-refractivity contribution in [2.24, 2.45) is 0 Å². The van der Waals surface area contributed by atoms with Gasteiger partial charge in [0.05, 0.1) is 12.1 Å². The van der Waals surface area contributed by atoms with Crippen molar-refractivity contribution < 1.29 is 9.90 Å². The van der Waals surface area contributed by atoms with Gasteiger partial charge in [0.2, 0.25) is 11.6 Å². The van der Waals surface area contributed by atoms with E-state index in [0.29, 0.717) is 43.1 Å². The summed E-state index contributed by atoms with van der Waals surface area (Å²) >= 11 is 12.4. The van der Waals surface area contributed by atoms with Gasteiger partial charge in [-0.3, -0.25) is 14.2 Å². The Morgan fingerprint density at radius 3 is 2.43 bits per heavy atom. The molecule has 1 N–H and O–H groups in total. The summed E-state index contributed by atoms with van der Waals surface area (Å²) in [4.78, 5) is 32.1. The van der Waals surface area contributed by atoms with Crippen LogP contribution in [0.15, 0.2) is 65.7 Å². The average Bonchev–Trinajstić information content (AvgIpc) is 3.23. The third kappa shape index (κ3) is 5.28. The number of imidazole rings is 1. The van der Waals surface area contributed by atoms with E-state index < -0.39 is 11.2 Å². The summed E-state index contributed by atoms with van der Waals surface area (Å²) in [6, 6.07) is 17.0. The summed E-state index contributed by atoms with van der Waals surface area (Å²) in [5.41, 5.74) is 0.882. The van der Waals surface area contributed by atoms with E-state index in [-0.39, 0.29) is 29.2 Å². The maximum Gasteiger partial charge on any atom is 0.297 e. The van der Waals surface area contributed by atoms with E-state index in [1.54, 1.807) is 29.2 Å². The minimum atomic E-state index is -1.14. The van der Waals surface area contributed by atoms with Crippen molar-refractivity contribution in [1.29, 1.82) is 0 Å². The number of aliphatic hydroxyl groups is 1. The van der Waals surface area contributed by atoms with E-state index in [9.17, 15) is 14.7 Å². The minimum Gasteiger partial charge on any atom is -0.388 e. The standard InChI is InChI=1S/C27H27Cl2N5O3/c1-18(19-5-3-2-4-6-19)15-22(35)32-13-11-27(37,12-14-32)16-33-17-30-34-23(20-7-9-21(28)10-8-20)24(29)31-25(34)26(33)36/h2-10,17-18,37H,11-16H2,1H3/t18-/m1/s1. The number of aromatic nitrogens is 4. The molecule has 1 amide bonds. The summed E-state index contributed by atoms with van der Waals surface area (Å²) in [6.07, 6.45) is 2.53. The number of rotatable bonds is 6. The van der Waals surface area contributed by atoms with Gasteiger partial charge < -0.3 is 10.0 Å². The van der Waals surface area contributed by atoms with E-state index in [4.69, 9.17) is 23.2 Å². The Morgan fingerprint density at radius 1 is 1.08 bits per heavy atom. The number of carbonyl (C=O) groups is 1. The number of halogens is 2. The molecule has 1 aliphatic heterocycles. The first kappa shape index (κ1) is 25.4. The average molecular weight is 540 g/mol. The van der Waals surface area contributed by atoms with Crippen molar-refractivity contribution in [2.45, 2.75) is 44.2 Å². The van der Waals surface area contributed by atoms with E-state index in [1.165, 1.54) is 15.4 Å². The first-order chi connectivity index (χ1) is 17.7. The van der Waals surface area contributed by atoms with Crippen LogP contribution in [0.5, 0.6) is 0 Å². The number of benzene rings is 2. The number of fused-ring (bicyclic) bond motifs is 1. The first-order valence-corrected chi connectivity index (χ1v) is 12.9. The number of piperidine rings is 1. The molecule has 0 spiro atoms. The molecule has 0 saturated carbocycles. The number of carbonyl (C=O) groups excluding carboxylic acids is 1. The van der Waals surface area contributed by atoms with Crippen LogP contribution in [0, 0.1) is 0 Å². The molecule has 0 aliphatic carbocycles. The van der Waals surface area contributed by atoms with E-state index in [2.05, 4.69) is 10.1 Å². The van der Waals surface area contributed by atoms with Gasteiger partial charge in [-0.15, -0.1) is 0 Å². The molecule has 1 fully saturated rings. The molecule has 1 atom stereocenters. The van der Waals surface area contributed by atoms with Crippen LogP contribution in [0.2, 0.25) is 10.2 Å². The van der Waals surface area contributed by atoms with Crippen molar-refractivity contribution >= 4 is 34.8 Å². The lowest BCUT2D eigenvalue weighted by molar-refractivity contribution is -0.136. The van der Waals surface area contributed by atoms with Gasteiger partial charge in [-0.2, -0.15) is 5.10 Å². The Balaban J connectivity index is 1.28. The zero-order valence-electron chi connectivity index (χ0n) is 20.3. The highest BCUT2D eigenvalue weighted by molar-refractivity contribution is 6.32.